The van der Waals surface area contributed by atoms with Crippen molar-refractivity contribution in [2.45, 2.75) is 99.1 Å². The molecular formula is C63H63N7O16. The minimum atomic E-state index is -2.58. The van der Waals surface area contributed by atoms with Crippen molar-refractivity contribution in [3.05, 3.63) is 216 Å². The van der Waals surface area contributed by atoms with Crippen LogP contribution in [0.25, 0.3) is 33.8 Å². The summed E-state index contributed by atoms with van der Waals surface area (Å²) in [6.07, 6.45) is -6.71. The summed E-state index contributed by atoms with van der Waals surface area (Å²) in [5.74, 6) is -2.81. The molecule has 23 heteroatoms. The van der Waals surface area contributed by atoms with E-state index < -0.39 is 92.6 Å². The summed E-state index contributed by atoms with van der Waals surface area (Å²) < 4.78 is 38.5. The monoisotopic (exact) mass is 1170 g/mol. The lowest BCUT2D eigenvalue weighted by Crippen LogP contribution is -2.67. The van der Waals surface area contributed by atoms with Gasteiger partial charge in [-0.15, -0.1) is 0 Å². The van der Waals surface area contributed by atoms with E-state index in [0.717, 1.165) is 22.3 Å². The quantitative estimate of drug-likeness (QED) is 0.0549. The maximum atomic E-state index is 13.0. The molecule has 6 aromatic heterocycles. The number of furan rings is 2. The van der Waals surface area contributed by atoms with E-state index in [9.17, 15) is 50.8 Å². The second kappa shape index (κ2) is 25.9. The van der Waals surface area contributed by atoms with Crippen LogP contribution in [-0.2, 0) is 40.0 Å². The van der Waals surface area contributed by atoms with Crippen LogP contribution < -0.4 is 15.2 Å². The average molecular weight is 1170 g/mol. The number of aromatic nitrogens is 6. The zero-order valence-corrected chi connectivity index (χ0v) is 46.0. The topological polar surface area (TPSA) is 349 Å². The van der Waals surface area contributed by atoms with Crippen LogP contribution >= 0.6 is 0 Å². The van der Waals surface area contributed by atoms with E-state index in [2.05, 4.69) is 0 Å². The summed E-state index contributed by atoms with van der Waals surface area (Å²) in [6, 6.07) is 44.5. The molecule has 446 valence electrons. The number of nitrogens with zero attached hydrogens (tertiary/aromatic N) is 6. The molecule has 0 amide bonds. The minimum Gasteiger partial charge on any atom is -0.476 e. The number of hydrogen-bond acceptors (Lipinski definition) is 20. The van der Waals surface area contributed by atoms with Crippen molar-refractivity contribution in [2.75, 3.05) is 13.2 Å². The summed E-state index contributed by atoms with van der Waals surface area (Å²) in [6.45, 7) is -1.43. The van der Waals surface area contributed by atoms with E-state index in [0.29, 0.717) is 64.1 Å². The van der Waals surface area contributed by atoms with E-state index in [1.807, 2.05) is 127 Å². The van der Waals surface area contributed by atoms with Crippen molar-refractivity contribution in [3.63, 3.8) is 0 Å². The van der Waals surface area contributed by atoms with Gasteiger partial charge in [-0.2, -0.15) is 0 Å². The molecule has 2 aliphatic heterocycles. The third-order valence-corrected chi connectivity index (χ3v) is 15.0. The van der Waals surface area contributed by atoms with Gasteiger partial charge in [0.1, 0.15) is 65.6 Å². The van der Waals surface area contributed by atoms with E-state index in [4.69, 9.17) is 53.5 Å². The molecule has 12 rings (SSSR count). The highest BCUT2D eigenvalue weighted by Crippen LogP contribution is 2.38. The van der Waals surface area contributed by atoms with Crippen molar-refractivity contribution in [1.29, 1.82) is 0 Å². The van der Waals surface area contributed by atoms with Gasteiger partial charge in [0, 0.05) is 36.4 Å². The Balaban J connectivity index is 0.000000180. The van der Waals surface area contributed by atoms with E-state index in [-0.39, 0.29) is 30.3 Å². The number of imidazole rings is 2. The van der Waals surface area contributed by atoms with Crippen molar-refractivity contribution >= 4 is 17.3 Å². The van der Waals surface area contributed by atoms with Crippen molar-refractivity contribution in [1.82, 2.24) is 28.7 Å². The molecule has 23 nitrogen and oxygen atoms in total. The first-order chi connectivity index (χ1) is 41.7. The number of rotatable bonds is 19. The van der Waals surface area contributed by atoms with Gasteiger partial charge in [-0.1, -0.05) is 121 Å². The predicted molar refractivity (Wildman–Crippen MR) is 306 cm³/mol. The zero-order valence-electron chi connectivity index (χ0n) is 46.0. The molecular weight excluding hydrogens is 1110 g/mol. The Morgan fingerprint density at radius 2 is 1.10 bits per heavy atom. The van der Waals surface area contributed by atoms with Gasteiger partial charge >= 0.3 is 11.8 Å². The van der Waals surface area contributed by atoms with Crippen LogP contribution in [0, 0.1) is 0 Å². The molecule has 4 aromatic carbocycles. The fourth-order valence-electron chi connectivity index (χ4n) is 10.5. The first-order valence-corrected chi connectivity index (χ1v) is 27.7. The third kappa shape index (κ3) is 12.5. The van der Waals surface area contributed by atoms with Gasteiger partial charge in [0.2, 0.25) is 18.1 Å². The third-order valence-electron chi connectivity index (χ3n) is 15.0. The van der Waals surface area contributed by atoms with Gasteiger partial charge in [0.25, 0.3) is 0 Å². The normalized spacial score (nSPS) is 22.9. The lowest BCUT2D eigenvalue weighted by Gasteiger charge is -2.45. The number of aliphatic hydroxyl groups is 8. The zero-order chi connectivity index (χ0) is 60.1. The Labute approximate surface area is 491 Å². The van der Waals surface area contributed by atoms with Gasteiger partial charge in [-0.25, -0.2) is 24.7 Å². The molecule has 11 atom stereocenters. The van der Waals surface area contributed by atoms with Crippen LogP contribution in [-0.4, -0.2) is 161 Å². The van der Waals surface area contributed by atoms with Crippen LogP contribution in [0.5, 0.6) is 11.8 Å². The fraction of sp³-hybridized carbons (Fsp3) is 0.286. The van der Waals surface area contributed by atoms with Crippen molar-refractivity contribution in [2.24, 2.45) is 5.73 Å². The molecule has 8 heterocycles. The summed E-state index contributed by atoms with van der Waals surface area (Å²) in [5, 5.41) is 92.7. The number of benzene rings is 4. The number of carboxylic acids is 1. The number of aliphatic carboxylic acids is 1. The fourth-order valence-corrected chi connectivity index (χ4v) is 10.5. The van der Waals surface area contributed by atoms with Gasteiger partial charge in [0.15, 0.2) is 11.3 Å². The van der Waals surface area contributed by atoms with Crippen LogP contribution in [0.1, 0.15) is 51.8 Å². The summed E-state index contributed by atoms with van der Waals surface area (Å²) in [7, 11) is 0. The number of carboxylic acid groups (broad SMARTS) is 1. The van der Waals surface area contributed by atoms with Gasteiger partial charge < -0.3 is 79.5 Å². The molecule has 0 bridgehead atoms. The summed E-state index contributed by atoms with van der Waals surface area (Å²) in [5.41, 5.74) is 14.0. The van der Waals surface area contributed by atoms with Gasteiger partial charge in [-0.05, 0) is 35.4 Å². The Morgan fingerprint density at radius 3 is 1.57 bits per heavy atom. The first-order valence-electron chi connectivity index (χ1n) is 27.7. The lowest BCUT2D eigenvalue weighted by molar-refractivity contribution is -0.283. The summed E-state index contributed by atoms with van der Waals surface area (Å²) in [4.78, 5) is 32.7. The second-order valence-electron chi connectivity index (χ2n) is 21.0. The molecule has 11 N–H and O–H groups in total. The van der Waals surface area contributed by atoms with Crippen molar-refractivity contribution < 1.29 is 78.5 Å². The molecule has 0 saturated carbocycles. The Hall–Kier alpha value is -8.69. The van der Waals surface area contributed by atoms with Crippen LogP contribution in [0.2, 0.25) is 0 Å². The number of ether oxygens (including phenoxy) is 4. The highest BCUT2D eigenvalue weighted by Gasteiger charge is 2.56. The number of fused-ring (bicyclic) bond motifs is 2. The number of aliphatic hydroxyl groups excluding tert-OH is 8. The predicted octanol–water partition coefficient (Wildman–Crippen LogP) is 3.87. The molecule has 0 aliphatic carbocycles. The Kier molecular flexibility index (Phi) is 17.8. The minimum absolute atomic E-state index is 0.0266. The van der Waals surface area contributed by atoms with Crippen molar-refractivity contribution in [3.8, 4) is 34.3 Å². The second-order valence-corrected chi connectivity index (χ2v) is 21.0. The standard InChI is InChI=1S/C33H34N4O9.C30H29N3O7/c34-27-25(39)16-33(32(42)43,45-29(27)28(41)26(40)18-38)46-31-23(15-21-12-7-13-44-21)36-30-22(14-19-8-3-1-4-9-19)35-24(17-37(30)31)20-10-5-2-6-11-20;34-17-24-25(35)26(36)27(37)30(39-24)40-29-22(15-20-12-7-13-38-20)32-28-21(14-18-8-3-1-4-9-18)31-23(16-33(28)29)19-10-5-2-6-11-19/h1-13,17,25-29,38-41H,14-16,18,34H2,(H,42,43);1-13,16,24-27,30,34-37H,14-15,17H2/t25-,26+,27+,28+,29+,33-;24-,25-,26+,27-,30-/m01/s1. The molecule has 0 radical (unpaired) electrons. The number of carbonyl (C=O) groups is 1. The highest BCUT2D eigenvalue weighted by molar-refractivity contribution is 5.77. The summed E-state index contributed by atoms with van der Waals surface area (Å²) >= 11 is 0. The number of nitrogens with two attached hydrogens (primary N) is 1. The molecule has 86 heavy (non-hydrogen) atoms. The molecule has 0 unspecified atom stereocenters. The van der Waals surface area contributed by atoms with Crippen LogP contribution in [0.3, 0.4) is 0 Å². The Morgan fingerprint density at radius 1 is 0.616 bits per heavy atom. The van der Waals surface area contributed by atoms with Crippen LogP contribution in [0.15, 0.2) is 179 Å². The lowest BCUT2D eigenvalue weighted by atomic mass is 9.89. The van der Waals surface area contributed by atoms with Crippen LogP contribution in [0.4, 0.5) is 0 Å². The highest BCUT2D eigenvalue weighted by atomic mass is 16.7. The average Bonchev–Trinajstić information content (AvgIpc) is 2.46. The largest absolute Gasteiger partial charge is 0.476 e. The van der Waals surface area contributed by atoms with E-state index in [1.165, 1.54) is 6.26 Å². The molecule has 10 aromatic rings. The molecule has 2 fully saturated rings. The first kappa shape index (κ1) is 59.1. The SMILES string of the molecule is N[C@H]1[C@H]([C@H](O)[C@H](O)CO)O[C@@](Oc2c(Cc3ccco3)nc3c(Cc4ccccc4)nc(-c4ccccc4)cn23)(C(=O)O)C[C@@H]1O.OC[C@H]1O[C@H](Oc2c(Cc3ccco3)nc3c(Cc4ccccc4)nc(-c4ccccc4)cn23)[C@H](O)[C@@H](O)[C@@H]1O. The molecule has 2 saturated heterocycles. The van der Waals surface area contributed by atoms with E-state index >= 15 is 0 Å². The van der Waals surface area contributed by atoms with Gasteiger partial charge in [-0.3, -0.25) is 8.80 Å². The maximum Gasteiger partial charge on any atom is 0.377 e. The van der Waals surface area contributed by atoms with E-state index in [1.54, 1.807) is 45.7 Å². The maximum absolute atomic E-state index is 13.0. The molecule has 0 spiro atoms. The smallest absolute Gasteiger partial charge is 0.377 e. The Bertz CT molecular complexity index is 3840. The molecule has 2 aliphatic rings. The van der Waals surface area contributed by atoms with Gasteiger partial charge in [0.05, 0.1) is 79.9 Å². The number of hydrogen-bond donors (Lipinski definition) is 10.